The third-order valence-electron chi connectivity index (χ3n) is 7.12. The SMILES string of the molecule is COc1cc(/C=C/C(=O)C2C(C(=O)O)N3CCC2(C(=O)/C=C/c2ccc(O)c(O)c2)CC3)ccc1O. The molecule has 0 saturated carbocycles. The van der Waals surface area contributed by atoms with E-state index in [2.05, 4.69) is 0 Å². The smallest absolute Gasteiger partial charge is 0.321 e. The zero-order valence-corrected chi connectivity index (χ0v) is 19.6. The van der Waals surface area contributed by atoms with Gasteiger partial charge in [-0.25, -0.2) is 0 Å². The maximum absolute atomic E-state index is 13.5. The zero-order chi connectivity index (χ0) is 26.0. The van der Waals surface area contributed by atoms with Gasteiger partial charge in [0.15, 0.2) is 34.6 Å². The molecule has 0 radical (unpaired) electrons. The van der Waals surface area contributed by atoms with E-state index in [9.17, 15) is 34.8 Å². The van der Waals surface area contributed by atoms with Crippen LogP contribution in [-0.2, 0) is 14.4 Å². The molecule has 3 saturated heterocycles. The van der Waals surface area contributed by atoms with Crippen LogP contribution in [-0.4, -0.2) is 69.1 Å². The lowest BCUT2D eigenvalue weighted by Crippen LogP contribution is -2.66. The lowest BCUT2D eigenvalue weighted by molar-refractivity contribution is -0.168. The molecule has 3 fully saturated rings. The number of ketones is 2. The van der Waals surface area contributed by atoms with Crippen molar-refractivity contribution in [1.82, 2.24) is 4.90 Å². The molecule has 188 valence electrons. The fraction of sp³-hybridized carbons (Fsp3) is 0.296. The van der Waals surface area contributed by atoms with Crippen molar-refractivity contribution in [1.29, 1.82) is 0 Å². The predicted octanol–water partition coefficient (Wildman–Crippen LogP) is 2.84. The number of fused-ring (bicyclic) bond motifs is 3. The summed E-state index contributed by atoms with van der Waals surface area (Å²) >= 11 is 0. The minimum atomic E-state index is -1.18. The van der Waals surface area contributed by atoms with Gasteiger partial charge in [0.2, 0.25) is 0 Å². The molecule has 36 heavy (non-hydrogen) atoms. The van der Waals surface area contributed by atoms with Crippen molar-refractivity contribution in [3.8, 4) is 23.0 Å². The van der Waals surface area contributed by atoms with Crippen molar-refractivity contribution in [2.24, 2.45) is 11.3 Å². The van der Waals surface area contributed by atoms with Gasteiger partial charge in [0.25, 0.3) is 0 Å². The second-order valence-electron chi connectivity index (χ2n) is 9.07. The molecule has 2 aromatic rings. The number of rotatable bonds is 8. The van der Waals surface area contributed by atoms with Gasteiger partial charge in [-0.15, -0.1) is 0 Å². The largest absolute Gasteiger partial charge is 0.504 e. The maximum Gasteiger partial charge on any atom is 0.321 e. The molecule has 4 N–H and O–H groups in total. The number of phenolic OH excluding ortho intramolecular Hbond substituents is 3. The van der Waals surface area contributed by atoms with E-state index in [4.69, 9.17) is 4.74 Å². The van der Waals surface area contributed by atoms with Gasteiger partial charge in [-0.05, 0) is 60.4 Å². The number of methoxy groups -OCH3 is 1. The Labute approximate surface area is 207 Å². The van der Waals surface area contributed by atoms with Crippen molar-refractivity contribution in [3.63, 3.8) is 0 Å². The summed E-state index contributed by atoms with van der Waals surface area (Å²) in [6.07, 6.45) is 6.28. The monoisotopic (exact) mass is 493 g/mol. The zero-order valence-electron chi connectivity index (χ0n) is 19.6. The highest BCUT2D eigenvalue weighted by Crippen LogP contribution is 2.49. The molecule has 0 amide bonds. The summed E-state index contributed by atoms with van der Waals surface area (Å²) in [6.45, 7) is 0.776. The number of allylic oxidation sites excluding steroid dienone is 2. The summed E-state index contributed by atoms with van der Waals surface area (Å²) in [5, 5.41) is 39.0. The molecule has 2 bridgehead atoms. The maximum atomic E-state index is 13.5. The fourth-order valence-corrected chi connectivity index (χ4v) is 5.21. The second-order valence-corrected chi connectivity index (χ2v) is 9.07. The Bertz CT molecular complexity index is 1260. The minimum absolute atomic E-state index is 0.0532. The summed E-state index contributed by atoms with van der Waals surface area (Å²) in [7, 11) is 1.40. The van der Waals surface area contributed by atoms with Gasteiger partial charge in [0.1, 0.15) is 6.04 Å². The van der Waals surface area contributed by atoms with Crippen LogP contribution in [0.5, 0.6) is 23.0 Å². The van der Waals surface area contributed by atoms with E-state index in [0.717, 1.165) is 0 Å². The Hall–Kier alpha value is -4.11. The number of carbonyl (C=O) groups is 3. The van der Waals surface area contributed by atoms with Gasteiger partial charge in [-0.2, -0.15) is 0 Å². The second kappa shape index (κ2) is 9.87. The van der Waals surface area contributed by atoms with E-state index in [-0.39, 0.29) is 28.8 Å². The van der Waals surface area contributed by atoms with Crippen LogP contribution in [0.1, 0.15) is 24.0 Å². The van der Waals surface area contributed by atoms with Crippen LogP contribution in [0.15, 0.2) is 48.6 Å². The first-order chi connectivity index (χ1) is 17.2. The van der Waals surface area contributed by atoms with Crippen molar-refractivity contribution in [3.05, 3.63) is 59.7 Å². The van der Waals surface area contributed by atoms with Crippen LogP contribution in [0, 0.1) is 11.3 Å². The number of nitrogens with zero attached hydrogens (tertiary/aromatic N) is 1. The molecule has 3 heterocycles. The van der Waals surface area contributed by atoms with E-state index >= 15 is 0 Å². The average molecular weight is 494 g/mol. The lowest BCUT2D eigenvalue weighted by Gasteiger charge is -2.54. The molecular formula is C27H27NO8. The van der Waals surface area contributed by atoms with Crippen LogP contribution in [0.3, 0.4) is 0 Å². The fourth-order valence-electron chi connectivity index (χ4n) is 5.21. The van der Waals surface area contributed by atoms with Crippen LogP contribution in [0.25, 0.3) is 12.2 Å². The molecule has 0 aliphatic carbocycles. The number of aliphatic carboxylic acids is 1. The van der Waals surface area contributed by atoms with E-state index in [1.165, 1.54) is 55.7 Å². The number of ether oxygens (including phenoxy) is 1. The van der Waals surface area contributed by atoms with Gasteiger partial charge < -0.3 is 25.2 Å². The summed E-state index contributed by atoms with van der Waals surface area (Å²) in [5.74, 6) is -3.50. The van der Waals surface area contributed by atoms with Gasteiger partial charge in [0, 0.05) is 18.5 Å². The quantitative estimate of drug-likeness (QED) is 0.322. The lowest BCUT2D eigenvalue weighted by atomic mass is 9.58. The standard InChI is InChI=1S/C27H27NO8/c1-36-22-15-17(3-7-19(22)30)4-8-20(31)24-25(26(34)35)28-12-10-27(24,11-13-28)23(33)9-5-16-2-6-18(29)21(32)14-16/h2-9,14-15,24-25,29-30,32H,10-13H2,1H3,(H,34,35)/b8-4+,9-5+. The van der Waals surface area contributed by atoms with Crippen LogP contribution >= 0.6 is 0 Å². The summed E-state index contributed by atoms with van der Waals surface area (Å²) < 4.78 is 5.09. The first-order valence-electron chi connectivity index (χ1n) is 11.5. The third-order valence-corrected chi connectivity index (χ3v) is 7.12. The van der Waals surface area contributed by atoms with E-state index < -0.39 is 29.1 Å². The Morgan fingerprint density at radius 1 is 0.917 bits per heavy atom. The van der Waals surface area contributed by atoms with E-state index in [0.29, 0.717) is 37.1 Å². The first-order valence-corrected chi connectivity index (χ1v) is 11.5. The van der Waals surface area contributed by atoms with E-state index in [1.807, 2.05) is 0 Å². The number of carboxylic acid groups (broad SMARTS) is 1. The minimum Gasteiger partial charge on any atom is -0.504 e. The Morgan fingerprint density at radius 2 is 1.53 bits per heavy atom. The highest BCUT2D eigenvalue weighted by Gasteiger charge is 2.60. The summed E-state index contributed by atoms with van der Waals surface area (Å²) in [6, 6.07) is 7.55. The van der Waals surface area contributed by atoms with Gasteiger partial charge in [-0.3, -0.25) is 19.3 Å². The molecule has 2 aromatic carbocycles. The summed E-state index contributed by atoms with van der Waals surface area (Å²) in [5.41, 5.74) is -0.137. The van der Waals surface area contributed by atoms with Crippen molar-refractivity contribution in [2.75, 3.05) is 20.2 Å². The average Bonchev–Trinajstić information content (AvgIpc) is 2.88. The predicted molar refractivity (Wildman–Crippen MR) is 131 cm³/mol. The number of hydrogen-bond donors (Lipinski definition) is 4. The van der Waals surface area contributed by atoms with Gasteiger partial charge >= 0.3 is 5.97 Å². The molecular weight excluding hydrogens is 466 g/mol. The molecule has 3 aliphatic rings. The molecule has 5 rings (SSSR count). The van der Waals surface area contributed by atoms with E-state index in [1.54, 1.807) is 17.0 Å². The molecule has 9 heteroatoms. The van der Waals surface area contributed by atoms with Crippen LogP contribution < -0.4 is 4.74 Å². The number of carboxylic acids is 1. The highest BCUT2D eigenvalue weighted by atomic mass is 16.5. The number of benzene rings is 2. The molecule has 3 aliphatic heterocycles. The molecule has 9 nitrogen and oxygen atoms in total. The third kappa shape index (κ3) is 4.57. The van der Waals surface area contributed by atoms with Crippen molar-refractivity contribution >= 4 is 29.7 Å². The van der Waals surface area contributed by atoms with Gasteiger partial charge in [0.05, 0.1) is 13.0 Å². The Morgan fingerprint density at radius 3 is 2.14 bits per heavy atom. The molecule has 2 atom stereocenters. The van der Waals surface area contributed by atoms with Crippen LogP contribution in [0.2, 0.25) is 0 Å². The Balaban J connectivity index is 1.66. The number of piperidine rings is 3. The topological polar surface area (TPSA) is 145 Å². The summed E-state index contributed by atoms with van der Waals surface area (Å²) in [4.78, 5) is 41.0. The highest BCUT2D eigenvalue weighted by molar-refractivity contribution is 6.07. The number of aromatic hydroxyl groups is 3. The first kappa shape index (κ1) is 25.0. The Kier molecular flexibility index (Phi) is 6.85. The normalized spacial score (nSPS) is 25.3. The van der Waals surface area contributed by atoms with Crippen molar-refractivity contribution in [2.45, 2.75) is 18.9 Å². The molecule has 0 aromatic heterocycles. The number of hydrogen-bond acceptors (Lipinski definition) is 8. The van der Waals surface area contributed by atoms with Gasteiger partial charge in [-0.1, -0.05) is 24.3 Å². The molecule has 2 unspecified atom stereocenters. The number of phenols is 3. The molecule has 0 spiro atoms. The number of carbonyl (C=O) groups excluding carboxylic acids is 2. The van der Waals surface area contributed by atoms with Crippen molar-refractivity contribution < 1.29 is 39.5 Å². The van der Waals surface area contributed by atoms with Crippen LogP contribution in [0.4, 0.5) is 0 Å².